The summed E-state index contributed by atoms with van der Waals surface area (Å²) in [6, 6.07) is 11.1. The van der Waals surface area contributed by atoms with Crippen molar-refractivity contribution >= 4 is 17.8 Å². The quantitative estimate of drug-likeness (QED) is 0.579. The number of phenolic OH excluding ortho intramolecular Hbond substituents is 1. The normalized spacial score (nSPS) is 19.9. The van der Waals surface area contributed by atoms with E-state index < -0.39 is 0 Å². The molecule has 1 unspecified atom stereocenters. The minimum absolute atomic E-state index is 0.100. The van der Waals surface area contributed by atoms with Crippen LogP contribution in [-0.4, -0.2) is 41.5 Å². The summed E-state index contributed by atoms with van der Waals surface area (Å²) in [5.41, 5.74) is 2.62. The number of hydrogen-bond acceptors (Lipinski definition) is 6. The second-order valence-electron chi connectivity index (χ2n) is 8.07. The Morgan fingerprint density at radius 2 is 2.10 bits per heavy atom. The van der Waals surface area contributed by atoms with E-state index >= 15 is 0 Å². The first-order valence-electron chi connectivity index (χ1n) is 10.7. The molecule has 2 aliphatic rings. The minimum Gasteiger partial charge on any atom is -0.507 e. The molecule has 0 bridgehead atoms. The van der Waals surface area contributed by atoms with E-state index in [0.717, 1.165) is 24.9 Å². The summed E-state index contributed by atoms with van der Waals surface area (Å²) in [5.74, 6) is 0.238. The van der Waals surface area contributed by atoms with E-state index in [1.54, 1.807) is 26.0 Å². The molecule has 1 N–H and O–H groups in total. The van der Waals surface area contributed by atoms with E-state index in [4.69, 9.17) is 9.47 Å². The molecule has 1 fully saturated rings. The molecule has 31 heavy (non-hydrogen) atoms. The maximum Gasteiger partial charge on any atom is 0.310 e. The number of hydrogen-bond donors (Lipinski definition) is 1. The third-order valence-corrected chi connectivity index (χ3v) is 5.83. The number of ether oxygens (including phenoxy) is 2. The van der Waals surface area contributed by atoms with E-state index in [1.165, 1.54) is 0 Å². The lowest BCUT2D eigenvalue weighted by Gasteiger charge is -2.31. The van der Waals surface area contributed by atoms with Crippen LogP contribution < -0.4 is 4.74 Å². The molecule has 6 nitrogen and oxygen atoms in total. The third kappa shape index (κ3) is 4.35. The second-order valence-corrected chi connectivity index (χ2v) is 8.07. The number of ketones is 1. The van der Waals surface area contributed by atoms with Gasteiger partial charge in [-0.1, -0.05) is 30.3 Å². The Balaban J connectivity index is 1.61. The highest BCUT2D eigenvalue weighted by atomic mass is 16.5. The van der Waals surface area contributed by atoms with Gasteiger partial charge in [-0.15, -0.1) is 0 Å². The summed E-state index contributed by atoms with van der Waals surface area (Å²) in [6.45, 7) is 5.73. The van der Waals surface area contributed by atoms with Gasteiger partial charge >= 0.3 is 5.97 Å². The summed E-state index contributed by atoms with van der Waals surface area (Å²) in [6.07, 6.45) is 3.39. The molecule has 0 aliphatic carbocycles. The Morgan fingerprint density at radius 1 is 1.32 bits per heavy atom. The molecule has 0 amide bonds. The Hall–Kier alpha value is -3.12. The number of aromatic hydroxyl groups is 1. The van der Waals surface area contributed by atoms with Gasteiger partial charge in [-0.2, -0.15) is 0 Å². The van der Waals surface area contributed by atoms with Crippen molar-refractivity contribution in [2.45, 2.75) is 33.2 Å². The van der Waals surface area contributed by atoms with E-state index in [1.807, 2.05) is 30.3 Å². The molecule has 1 saturated heterocycles. The fourth-order valence-electron chi connectivity index (χ4n) is 4.31. The SMILES string of the molecule is CCOC(=O)C1CCCN(Cc2c(O)cc(C)c3c2O/C(=C\c2ccccc2)C3=O)C1. The lowest BCUT2D eigenvalue weighted by atomic mass is 9.96. The maximum absolute atomic E-state index is 13.0. The van der Waals surface area contributed by atoms with Gasteiger partial charge in [0, 0.05) is 13.1 Å². The first kappa shape index (κ1) is 21.1. The van der Waals surface area contributed by atoms with Crippen molar-refractivity contribution in [3.8, 4) is 11.5 Å². The molecular weight excluding hydrogens is 394 g/mol. The number of Topliss-reactive ketones (excluding diaryl/α,β-unsaturated/α-hetero) is 1. The largest absolute Gasteiger partial charge is 0.507 e. The fraction of sp³-hybridized carbons (Fsp3) is 0.360. The lowest BCUT2D eigenvalue weighted by molar-refractivity contribution is -0.150. The molecule has 4 rings (SSSR count). The number of carbonyl (C=O) groups excluding carboxylic acids is 2. The smallest absolute Gasteiger partial charge is 0.310 e. The highest BCUT2D eigenvalue weighted by Gasteiger charge is 2.35. The molecule has 2 aliphatic heterocycles. The Labute approximate surface area is 182 Å². The number of aryl methyl sites for hydroxylation is 1. The van der Waals surface area contributed by atoms with Crippen molar-refractivity contribution in [3.05, 3.63) is 64.4 Å². The van der Waals surface area contributed by atoms with Crippen LogP contribution in [0.15, 0.2) is 42.2 Å². The number of nitrogens with zero attached hydrogens (tertiary/aromatic N) is 1. The molecular formula is C25H27NO5. The fourth-order valence-corrected chi connectivity index (χ4v) is 4.31. The molecule has 0 spiro atoms. The standard InChI is InChI=1S/C25H27NO5/c1-3-30-25(29)18-10-7-11-26(14-18)15-19-20(27)12-16(2)22-23(28)21(31-24(19)22)13-17-8-5-4-6-9-17/h4-6,8-9,12-13,18,27H,3,7,10-11,14-15H2,1-2H3/b21-13-. The van der Waals surface area contributed by atoms with Crippen LogP contribution in [-0.2, 0) is 16.1 Å². The molecule has 2 aromatic carbocycles. The van der Waals surface area contributed by atoms with E-state index in [-0.39, 0.29) is 29.2 Å². The van der Waals surface area contributed by atoms with Crippen LogP contribution in [0.25, 0.3) is 6.08 Å². The third-order valence-electron chi connectivity index (χ3n) is 5.83. The van der Waals surface area contributed by atoms with Crippen molar-refractivity contribution < 1.29 is 24.2 Å². The molecule has 2 aromatic rings. The maximum atomic E-state index is 13.0. The average Bonchev–Trinajstić information content (AvgIpc) is 3.08. The highest BCUT2D eigenvalue weighted by Crippen LogP contribution is 2.42. The number of benzene rings is 2. The second kappa shape index (κ2) is 8.94. The zero-order valence-electron chi connectivity index (χ0n) is 17.9. The predicted molar refractivity (Wildman–Crippen MR) is 117 cm³/mol. The van der Waals surface area contributed by atoms with Gasteiger partial charge in [-0.05, 0) is 56.5 Å². The van der Waals surface area contributed by atoms with Gasteiger partial charge in [0.25, 0.3) is 0 Å². The Kier molecular flexibility index (Phi) is 6.09. The zero-order chi connectivity index (χ0) is 22.0. The number of allylic oxidation sites excluding steroid dienone is 1. The first-order chi connectivity index (χ1) is 15.0. The van der Waals surface area contributed by atoms with Crippen molar-refractivity contribution in [2.75, 3.05) is 19.7 Å². The predicted octanol–water partition coefficient (Wildman–Crippen LogP) is 4.09. The van der Waals surface area contributed by atoms with Crippen LogP contribution in [0.5, 0.6) is 11.5 Å². The van der Waals surface area contributed by atoms with Gasteiger partial charge in [0.1, 0.15) is 11.5 Å². The monoisotopic (exact) mass is 421 g/mol. The molecule has 0 radical (unpaired) electrons. The van der Waals surface area contributed by atoms with Crippen molar-refractivity contribution in [1.29, 1.82) is 0 Å². The number of rotatable bonds is 5. The number of carbonyl (C=O) groups is 2. The lowest BCUT2D eigenvalue weighted by Crippen LogP contribution is -2.39. The van der Waals surface area contributed by atoms with Crippen LogP contribution in [0.4, 0.5) is 0 Å². The number of likely N-dealkylation sites (tertiary alicyclic amines) is 1. The Morgan fingerprint density at radius 3 is 2.84 bits per heavy atom. The number of esters is 1. The summed E-state index contributed by atoms with van der Waals surface area (Å²) in [4.78, 5) is 27.3. The molecule has 2 heterocycles. The van der Waals surface area contributed by atoms with E-state index in [9.17, 15) is 14.7 Å². The van der Waals surface area contributed by atoms with Crippen LogP contribution >= 0.6 is 0 Å². The topological polar surface area (TPSA) is 76.1 Å². The van der Waals surface area contributed by atoms with Gasteiger partial charge in [-0.3, -0.25) is 14.5 Å². The average molecular weight is 421 g/mol. The van der Waals surface area contributed by atoms with Crippen molar-refractivity contribution in [3.63, 3.8) is 0 Å². The van der Waals surface area contributed by atoms with Gasteiger partial charge < -0.3 is 14.6 Å². The number of fused-ring (bicyclic) bond motifs is 1. The summed E-state index contributed by atoms with van der Waals surface area (Å²) in [5, 5.41) is 10.7. The van der Waals surface area contributed by atoms with Crippen LogP contribution in [0.1, 0.15) is 46.8 Å². The van der Waals surface area contributed by atoms with E-state index in [2.05, 4.69) is 4.90 Å². The minimum atomic E-state index is -0.180. The highest BCUT2D eigenvalue weighted by molar-refractivity contribution is 6.15. The van der Waals surface area contributed by atoms with Crippen molar-refractivity contribution in [2.24, 2.45) is 5.92 Å². The summed E-state index contributed by atoms with van der Waals surface area (Å²) < 4.78 is 11.2. The van der Waals surface area contributed by atoms with Crippen LogP contribution in [0.3, 0.4) is 0 Å². The molecule has 0 aromatic heterocycles. The summed E-state index contributed by atoms with van der Waals surface area (Å²) >= 11 is 0. The molecule has 1 atom stereocenters. The van der Waals surface area contributed by atoms with Gasteiger partial charge in [0.05, 0.1) is 23.7 Å². The van der Waals surface area contributed by atoms with Gasteiger partial charge in [0.2, 0.25) is 5.78 Å². The molecule has 162 valence electrons. The molecule has 6 heteroatoms. The van der Waals surface area contributed by atoms with Crippen LogP contribution in [0, 0.1) is 12.8 Å². The van der Waals surface area contributed by atoms with Crippen molar-refractivity contribution in [1.82, 2.24) is 4.90 Å². The number of phenols is 1. The first-order valence-corrected chi connectivity index (χ1v) is 10.7. The zero-order valence-corrected chi connectivity index (χ0v) is 17.9. The van der Waals surface area contributed by atoms with Gasteiger partial charge in [0.15, 0.2) is 5.76 Å². The summed E-state index contributed by atoms with van der Waals surface area (Å²) in [7, 11) is 0. The molecule has 0 saturated carbocycles. The van der Waals surface area contributed by atoms with Crippen LogP contribution in [0.2, 0.25) is 0 Å². The Bertz CT molecular complexity index is 1030. The van der Waals surface area contributed by atoms with E-state index in [0.29, 0.717) is 42.1 Å². The van der Waals surface area contributed by atoms with Gasteiger partial charge in [-0.25, -0.2) is 0 Å². The number of piperidine rings is 1.